The molecule has 0 aromatic heterocycles. The molecule has 0 N–H and O–H groups in total. The third-order valence-corrected chi connectivity index (χ3v) is 6.02. The van der Waals surface area contributed by atoms with Gasteiger partial charge in [0.05, 0.1) is 14.2 Å². The summed E-state index contributed by atoms with van der Waals surface area (Å²) in [4.78, 5) is 0. The smallest absolute Gasteiger partial charge is 0.118 e. The molecule has 0 aliphatic heterocycles. The molecule has 134 valence electrons. The Morgan fingerprint density at radius 2 is 1.27 bits per heavy atom. The molecule has 2 aliphatic rings. The van der Waals surface area contributed by atoms with E-state index in [0.29, 0.717) is 11.8 Å². The lowest BCUT2D eigenvalue weighted by Crippen LogP contribution is -2.26. The molecule has 2 unspecified atom stereocenters. The number of ether oxygens (including phenoxy) is 2. The van der Waals surface area contributed by atoms with Gasteiger partial charge in [-0.15, -0.1) is 0 Å². The van der Waals surface area contributed by atoms with Gasteiger partial charge in [0.2, 0.25) is 0 Å². The summed E-state index contributed by atoms with van der Waals surface area (Å²) in [5.41, 5.74) is 2.67. The molecule has 26 heavy (non-hydrogen) atoms. The van der Waals surface area contributed by atoms with Gasteiger partial charge in [0.25, 0.3) is 0 Å². The van der Waals surface area contributed by atoms with Crippen LogP contribution in [-0.4, -0.2) is 14.2 Å². The molecule has 0 amide bonds. The summed E-state index contributed by atoms with van der Waals surface area (Å²) in [6.07, 6.45) is 5.87. The fourth-order valence-corrected chi connectivity index (χ4v) is 4.94. The summed E-state index contributed by atoms with van der Waals surface area (Å²) >= 11 is 0. The largest absolute Gasteiger partial charge is 0.497 e. The van der Waals surface area contributed by atoms with Gasteiger partial charge in [0.1, 0.15) is 11.5 Å². The number of benzene rings is 2. The summed E-state index contributed by atoms with van der Waals surface area (Å²) in [7, 11) is 3.43. The number of fused-ring (bicyclic) bond motifs is 1. The SMILES string of the molecule is COc1ccc([C]2C3C=CCC3[C](c3ccc(OC)cc3)C2(C)C)cc1. The third-order valence-electron chi connectivity index (χ3n) is 6.02. The molecule has 2 radical (unpaired) electrons. The Bertz CT molecular complexity index is 786. The highest BCUT2D eigenvalue weighted by atomic mass is 16.5. The highest BCUT2D eigenvalue weighted by Gasteiger charge is 2.56. The zero-order valence-corrected chi connectivity index (χ0v) is 16.0. The van der Waals surface area contributed by atoms with Gasteiger partial charge in [-0.05, 0) is 59.1 Å². The van der Waals surface area contributed by atoms with E-state index in [4.69, 9.17) is 9.47 Å². The van der Waals surface area contributed by atoms with Crippen molar-refractivity contribution >= 4 is 0 Å². The number of hydrogen-bond acceptors (Lipinski definition) is 2. The molecule has 4 rings (SSSR count). The Labute approximate surface area is 156 Å². The van der Waals surface area contributed by atoms with E-state index in [2.05, 4.69) is 74.5 Å². The van der Waals surface area contributed by atoms with Crippen LogP contribution in [0.15, 0.2) is 60.7 Å². The van der Waals surface area contributed by atoms with Crippen molar-refractivity contribution in [3.63, 3.8) is 0 Å². The number of allylic oxidation sites excluding steroid dienone is 2. The van der Waals surface area contributed by atoms with Gasteiger partial charge in [-0.2, -0.15) is 0 Å². The fraction of sp³-hybridized carbons (Fsp3) is 0.333. The normalized spacial score (nSPS) is 24.6. The molecular formula is C24H26O2. The van der Waals surface area contributed by atoms with Gasteiger partial charge in [-0.1, -0.05) is 50.3 Å². The van der Waals surface area contributed by atoms with E-state index in [-0.39, 0.29) is 5.41 Å². The maximum absolute atomic E-state index is 5.34. The molecule has 2 atom stereocenters. The van der Waals surface area contributed by atoms with Crippen LogP contribution in [0.1, 0.15) is 31.4 Å². The molecule has 1 saturated carbocycles. The van der Waals surface area contributed by atoms with E-state index < -0.39 is 0 Å². The minimum Gasteiger partial charge on any atom is -0.497 e. The summed E-state index contributed by atoms with van der Waals surface area (Å²) in [5, 5.41) is 0. The highest BCUT2D eigenvalue weighted by molar-refractivity contribution is 5.55. The lowest BCUT2D eigenvalue weighted by atomic mass is 9.68. The van der Waals surface area contributed by atoms with Crippen molar-refractivity contribution in [2.24, 2.45) is 17.3 Å². The maximum atomic E-state index is 5.34. The van der Waals surface area contributed by atoms with Crippen LogP contribution in [-0.2, 0) is 0 Å². The van der Waals surface area contributed by atoms with Gasteiger partial charge in [0, 0.05) is 11.8 Å². The molecule has 0 spiro atoms. The second-order valence-corrected chi connectivity index (χ2v) is 7.71. The zero-order valence-electron chi connectivity index (χ0n) is 16.0. The molecule has 0 heterocycles. The molecule has 2 aliphatic carbocycles. The van der Waals surface area contributed by atoms with Crippen LogP contribution in [0.4, 0.5) is 0 Å². The number of hydrogen-bond donors (Lipinski definition) is 0. The van der Waals surface area contributed by atoms with Crippen LogP contribution in [0.2, 0.25) is 0 Å². The number of methoxy groups -OCH3 is 2. The predicted octanol–water partition coefficient (Wildman–Crippen LogP) is 5.48. The lowest BCUT2D eigenvalue weighted by molar-refractivity contribution is 0.413. The van der Waals surface area contributed by atoms with E-state index in [1.165, 1.54) is 17.0 Å². The van der Waals surface area contributed by atoms with Crippen LogP contribution in [0.3, 0.4) is 0 Å². The van der Waals surface area contributed by atoms with Crippen molar-refractivity contribution in [2.45, 2.75) is 20.3 Å². The van der Waals surface area contributed by atoms with Crippen LogP contribution in [0, 0.1) is 29.1 Å². The van der Waals surface area contributed by atoms with E-state index in [1.807, 2.05) is 0 Å². The Kier molecular flexibility index (Phi) is 4.30. The molecule has 2 aromatic carbocycles. The Hall–Kier alpha value is -2.22. The number of rotatable bonds is 4. The quantitative estimate of drug-likeness (QED) is 0.682. The fourth-order valence-electron chi connectivity index (χ4n) is 4.94. The maximum Gasteiger partial charge on any atom is 0.118 e. The van der Waals surface area contributed by atoms with Crippen molar-refractivity contribution in [1.82, 2.24) is 0 Å². The minimum atomic E-state index is 0.0171. The van der Waals surface area contributed by atoms with Crippen LogP contribution >= 0.6 is 0 Å². The molecular weight excluding hydrogens is 320 g/mol. The molecule has 0 bridgehead atoms. The van der Waals surface area contributed by atoms with Crippen molar-refractivity contribution in [3.05, 3.63) is 83.6 Å². The molecule has 1 fully saturated rings. The zero-order chi connectivity index (χ0) is 18.3. The Morgan fingerprint density at radius 3 is 1.77 bits per heavy atom. The van der Waals surface area contributed by atoms with Gasteiger partial charge in [-0.25, -0.2) is 0 Å². The first-order valence-corrected chi connectivity index (χ1v) is 9.26. The predicted molar refractivity (Wildman–Crippen MR) is 105 cm³/mol. The summed E-state index contributed by atoms with van der Waals surface area (Å²) in [5.74, 6) is 5.91. The molecule has 2 aromatic rings. The standard InChI is InChI=1S/C24H26O2/c1-24(2)22(16-8-12-18(25-3)13-9-16)20-6-5-7-21(20)23(24)17-10-14-19(26-4)15-11-17/h5-6,8-15,20-21H,7H2,1-4H3. The summed E-state index contributed by atoms with van der Waals surface area (Å²) in [6.45, 7) is 4.75. The molecule has 2 nitrogen and oxygen atoms in total. The van der Waals surface area contributed by atoms with Crippen LogP contribution in [0.25, 0.3) is 0 Å². The van der Waals surface area contributed by atoms with E-state index in [0.717, 1.165) is 17.9 Å². The first-order chi connectivity index (χ1) is 12.6. The van der Waals surface area contributed by atoms with Crippen molar-refractivity contribution in [2.75, 3.05) is 14.2 Å². The van der Waals surface area contributed by atoms with Crippen molar-refractivity contribution in [3.8, 4) is 11.5 Å². The van der Waals surface area contributed by atoms with Crippen molar-refractivity contribution < 1.29 is 9.47 Å². The highest BCUT2D eigenvalue weighted by Crippen LogP contribution is 2.64. The lowest BCUT2D eigenvalue weighted by Gasteiger charge is -2.35. The van der Waals surface area contributed by atoms with Gasteiger partial charge in [0.15, 0.2) is 0 Å². The van der Waals surface area contributed by atoms with E-state index in [1.54, 1.807) is 20.1 Å². The average Bonchev–Trinajstić information content (AvgIpc) is 3.19. The van der Waals surface area contributed by atoms with Gasteiger partial charge in [-0.3, -0.25) is 0 Å². The average molecular weight is 346 g/mol. The van der Waals surface area contributed by atoms with Gasteiger partial charge < -0.3 is 9.47 Å². The summed E-state index contributed by atoms with van der Waals surface area (Å²) < 4.78 is 10.7. The summed E-state index contributed by atoms with van der Waals surface area (Å²) in [6, 6.07) is 17.1. The topological polar surface area (TPSA) is 18.5 Å². The molecule has 2 heteroatoms. The van der Waals surface area contributed by atoms with Crippen molar-refractivity contribution in [1.29, 1.82) is 0 Å². The van der Waals surface area contributed by atoms with Crippen LogP contribution < -0.4 is 9.47 Å². The van der Waals surface area contributed by atoms with E-state index >= 15 is 0 Å². The molecule has 0 saturated heterocycles. The second-order valence-electron chi connectivity index (χ2n) is 7.71. The minimum absolute atomic E-state index is 0.0171. The van der Waals surface area contributed by atoms with Gasteiger partial charge >= 0.3 is 0 Å². The van der Waals surface area contributed by atoms with Crippen LogP contribution in [0.5, 0.6) is 11.5 Å². The second kappa shape index (κ2) is 6.50. The Morgan fingerprint density at radius 1 is 0.769 bits per heavy atom. The Balaban J connectivity index is 1.74. The first-order valence-electron chi connectivity index (χ1n) is 9.26. The third kappa shape index (κ3) is 2.63. The first kappa shape index (κ1) is 17.2. The monoisotopic (exact) mass is 346 g/mol. The van der Waals surface area contributed by atoms with E-state index in [9.17, 15) is 0 Å².